The first-order chi connectivity index (χ1) is 14.5. The summed E-state index contributed by atoms with van der Waals surface area (Å²) in [7, 11) is 0. The van der Waals surface area contributed by atoms with Gasteiger partial charge in [0.25, 0.3) is 0 Å². The lowest BCUT2D eigenvalue weighted by atomic mass is 9.73. The molecule has 2 aliphatic carbocycles. The number of carbonyl (C=O) groups is 1. The number of ether oxygens (including phenoxy) is 1. The van der Waals surface area contributed by atoms with Crippen molar-refractivity contribution in [2.45, 2.75) is 111 Å². The molecule has 6 nitrogen and oxygen atoms in total. The van der Waals surface area contributed by atoms with Crippen LogP contribution in [-0.4, -0.2) is 63.8 Å². The molecule has 0 heterocycles. The second-order valence-corrected chi connectivity index (χ2v) is 10.7. The molecule has 0 aromatic heterocycles. The molecule has 9 unspecified atom stereocenters. The van der Waals surface area contributed by atoms with Crippen molar-refractivity contribution in [3.05, 3.63) is 0 Å². The van der Waals surface area contributed by atoms with Gasteiger partial charge in [-0.25, -0.2) is 0 Å². The lowest BCUT2D eigenvalue weighted by Gasteiger charge is -2.44. The highest BCUT2D eigenvalue weighted by molar-refractivity contribution is 5.56. The Bertz CT molecular complexity index is 466. The second kappa shape index (κ2) is 13.9. The van der Waals surface area contributed by atoms with Gasteiger partial charge in [0.2, 0.25) is 0 Å². The van der Waals surface area contributed by atoms with Gasteiger partial charge in [-0.05, 0) is 61.2 Å². The molecule has 2 fully saturated rings. The summed E-state index contributed by atoms with van der Waals surface area (Å²) in [6.07, 6.45) is 4.53. The van der Waals surface area contributed by atoms with Gasteiger partial charge in [0.1, 0.15) is 18.3 Å². The largest absolute Gasteiger partial charge is 0.394 e. The third-order valence-electron chi connectivity index (χ3n) is 7.34. The fraction of sp³-hybridized carbons (Fsp3) is 0.960. The minimum absolute atomic E-state index is 0.0869. The Hall–Kier alpha value is -0.530. The van der Waals surface area contributed by atoms with E-state index in [0.29, 0.717) is 12.2 Å². The van der Waals surface area contributed by atoms with E-state index in [9.17, 15) is 4.79 Å². The van der Waals surface area contributed by atoms with Gasteiger partial charge < -0.3 is 30.0 Å². The predicted octanol–water partition coefficient (Wildman–Crippen LogP) is 3.18. The maximum Gasteiger partial charge on any atom is 0.151 e. The van der Waals surface area contributed by atoms with Crippen molar-refractivity contribution in [2.75, 3.05) is 6.61 Å². The van der Waals surface area contributed by atoms with Gasteiger partial charge >= 0.3 is 0 Å². The zero-order valence-corrected chi connectivity index (χ0v) is 20.5. The first-order valence-corrected chi connectivity index (χ1v) is 12.3. The molecule has 2 aliphatic rings. The molecule has 2 saturated carbocycles. The van der Waals surface area contributed by atoms with Crippen LogP contribution in [0.2, 0.25) is 0 Å². The Morgan fingerprint density at radius 2 is 1.26 bits per heavy atom. The van der Waals surface area contributed by atoms with Gasteiger partial charge in [0.05, 0.1) is 18.8 Å². The Kier molecular flexibility index (Phi) is 12.8. The lowest BCUT2D eigenvalue weighted by molar-refractivity contribution is -0.127. The Morgan fingerprint density at radius 1 is 0.839 bits per heavy atom. The molecule has 184 valence electrons. The predicted molar refractivity (Wildman–Crippen MR) is 123 cm³/mol. The highest BCUT2D eigenvalue weighted by atomic mass is 16.5. The third kappa shape index (κ3) is 9.09. The number of aliphatic hydroxyl groups is 4. The summed E-state index contributed by atoms with van der Waals surface area (Å²) in [6, 6.07) is 0. The molecular weight excluding hydrogens is 396 g/mol. The van der Waals surface area contributed by atoms with Gasteiger partial charge in [0, 0.05) is 0 Å². The van der Waals surface area contributed by atoms with Crippen molar-refractivity contribution < 1.29 is 30.0 Å². The van der Waals surface area contributed by atoms with Crippen LogP contribution in [-0.2, 0) is 9.53 Å². The van der Waals surface area contributed by atoms with Gasteiger partial charge in [-0.1, -0.05) is 54.4 Å². The standard InChI is InChI=1S/C20H38O.C5H10O5/c1-13(2)17-9-7-15(5)11-19(17)21-20-12-16(6)8-10-18(20)14(3)4;6-1-3(8)5(10)4(9)2-7/h13-20H,7-12H2,1-6H3;1,3-5,7-10H,2H2. The molecule has 0 aromatic rings. The second-order valence-electron chi connectivity index (χ2n) is 10.7. The fourth-order valence-corrected chi connectivity index (χ4v) is 5.18. The van der Waals surface area contributed by atoms with Crippen LogP contribution < -0.4 is 0 Å². The number of hydrogen-bond acceptors (Lipinski definition) is 6. The number of aliphatic hydroxyl groups excluding tert-OH is 4. The van der Waals surface area contributed by atoms with E-state index in [1.165, 1.54) is 38.5 Å². The van der Waals surface area contributed by atoms with Gasteiger partial charge in [-0.15, -0.1) is 0 Å². The van der Waals surface area contributed by atoms with Gasteiger partial charge in [-0.3, -0.25) is 0 Å². The van der Waals surface area contributed by atoms with E-state index in [2.05, 4.69) is 41.5 Å². The van der Waals surface area contributed by atoms with Crippen LogP contribution in [0, 0.1) is 35.5 Å². The van der Waals surface area contributed by atoms with Crippen molar-refractivity contribution in [3.8, 4) is 0 Å². The third-order valence-corrected chi connectivity index (χ3v) is 7.34. The van der Waals surface area contributed by atoms with Crippen molar-refractivity contribution in [1.29, 1.82) is 0 Å². The summed E-state index contributed by atoms with van der Waals surface area (Å²) in [5.41, 5.74) is 0. The van der Waals surface area contributed by atoms with E-state index < -0.39 is 24.9 Å². The molecule has 6 heteroatoms. The molecule has 4 N–H and O–H groups in total. The molecule has 0 aliphatic heterocycles. The lowest BCUT2D eigenvalue weighted by Crippen LogP contribution is -2.42. The average Bonchev–Trinajstić information content (AvgIpc) is 2.72. The number of hydrogen-bond donors (Lipinski definition) is 4. The molecule has 0 amide bonds. The molecule has 2 rings (SSSR count). The van der Waals surface area contributed by atoms with Crippen molar-refractivity contribution >= 4 is 6.29 Å². The molecule has 9 atom stereocenters. The fourth-order valence-electron chi connectivity index (χ4n) is 5.18. The van der Waals surface area contributed by atoms with Crippen LogP contribution in [0.5, 0.6) is 0 Å². The number of rotatable bonds is 8. The van der Waals surface area contributed by atoms with Crippen LogP contribution in [0.25, 0.3) is 0 Å². The molecule has 0 spiro atoms. The molecule has 0 bridgehead atoms. The minimum Gasteiger partial charge on any atom is -0.394 e. The Balaban J connectivity index is 0.000000407. The number of aldehydes is 1. The zero-order chi connectivity index (χ0) is 23.7. The first-order valence-electron chi connectivity index (χ1n) is 12.3. The molecule has 0 radical (unpaired) electrons. The maximum atomic E-state index is 9.76. The van der Waals surface area contributed by atoms with Gasteiger partial charge in [-0.2, -0.15) is 0 Å². The summed E-state index contributed by atoms with van der Waals surface area (Å²) in [4.78, 5) is 9.76. The van der Waals surface area contributed by atoms with E-state index in [-0.39, 0.29) is 6.29 Å². The van der Waals surface area contributed by atoms with Gasteiger partial charge in [0.15, 0.2) is 6.29 Å². The van der Waals surface area contributed by atoms with Crippen molar-refractivity contribution in [1.82, 2.24) is 0 Å². The smallest absolute Gasteiger partial charge is 0.151 e. The van der Waals surface area contributed by atoms with E-state index in [1.54, 1.807) is 0 Å². The normalized spacial score (nSPS) is 34.6. The first kappa shape index (κ1) is 28.5. The quantitative estimate of drug-likeness (QED) is 0.428. The van der Waals surface area contributed by atoms with E-state index in [0.717, 1.165) is 35.5 Å². The average molecular weight is 445 g/mol. The highest BCUT2D eigenvalue weighted by Gasteiger charge is 2.37. The Morgan fingerprint density at radius 3 is 1.58 bits per heavy atom. The van der Waals surface area contributed by atoms with E-state index in [4.69, 9.17) is 25.2 Å². The maximum absolute atomic E-state index is 9.76. The van der Waals surface area contributed by atoms with E-state index in [1.807, 2.05) is 0 Å². The minimum atomic E-state index is -1.64. The van der Waals surface area contributed by atoms with Crippen LogP contribution in [0.3, 0.4) is 0 Å². The summed E-state index contributed by atoms with van der Waals surface area (Å²) in [5, 5.41) is 34.1. The van der Waals surface area contributed by atoms with Crippen molar-refractivity contribution in [2.24, 2.45) is 35.5 Å². The highest BCUT2D eigenvalue weighted by Crippen LogP contribution is 2.41. The van der Waals surface area contributed by atoms with Crippen molar-refractivity contribution in [3.63, 3.8) is 0 Å². The monoisotopic (exact) mass is 444 g/mol. The summed E-state index contributed by atoms with van der Waals surface area (Å²) < 4.78 is 6.82. The summed E-state index contributed by atoms with van der Waals surface area (Å²) in [6.45, 7) is 13.7. The van der Waals surface area contributed by atoms with Crippen LogP contribution in [0.4, 0.5) is 0 Å². The topological polar surface area (TPSA) is 107 Å². The number of carbonyl (C=O) groups excluding carboxylic acids is 1. The zero-order valence-electron chi connectivity index (χ0n) is 20.5. The van der Waals surface area contributed by atoms with E-state index >= 15 is 0 Å². The molecular formula is C25H48O6. The molecule has 31 heavy (non-hydrogen) atoms. The van der Waals surface area contributed by atoms with Crippen LogP contribution in [0.1, 0.15) is 80.1 Å². The molecule has 0 aromatic carbocycles. The Labute approximate surface area is 189 Å². The van der Waals surface area contributed by atoms with Crippen LogP contribution in [0.15, 0.2) is 0 Å². The molecule has 0 saturated heterocycles. The SMILES string of the molecule is CC1CCC(C(C)C)C(OC2CC(C)CCC2C(C)C)C1.O=CC(O)C(O)C(O)CO. The summed E-state index contributed by atoms with van der Waals surface area (Å²) >= 11 is 0. The summed E-state index contributed by atoms with van der Waals surface area (Å²) in [5.74, 6) is 4.80. The van der Waals surface area contributed by atoms with Crippen LogP contribution >= 0.6 is 0 Å².